The zero-order chi connectivity index (χ0) is 15.8. The van der Waals surface area contributed by atoms with E-state index in [9.17, 15) is 4.79 Å². The minimum Gasteiger partial charge on any atom is -0.497 e. The van der Waals surface area contributed by atoms with Crippen LogP contribution in [0.4, 0.5) is 0 Å². The first-order valence-electron chi connectivity index (χ1n) is 6.52. The number of hydrogen-bond acceptors (Lipinski definition) is 4. The Morgan fingerprint density at radius 2 is 1.86 bits per heavy atom. The molecular formula is C16H15ClN2O3. The lowest BCUT2D eigenvalue weighted by Gasteiger charge is -2.05. The summed E-state index contributed by atoms with van der Waals surface area (Å²) in [6.07, 6.45) is 1.48. The van der Waals surface area contributed by atoms with Crippen molar-refractivity contribution in [1.29, 1.82) is 0 Å². The third-order valence-electron chi connectivity index (χ3n) is 2.73. The SMILES string of the molecule is COc1ccc(OCC(=O)N/N=C\c2ccccc2Cl)cc1. The Balaban J connectivity index is 1.79. The Bertz CT molecular complexity index is 657. The van der Waals surface area contributed by atoms with E-state index in [0.29, 0.717) is 10.8 Å². The number of hydrazone groups is 1. The minimum atomic E-state index is -0.362. The molecule has 6 heteroatoms. The Labute approximate surface area is 133 Å². The molecule has 2 rings (SSSR count). The number of amides is 1. The molecule has 0 bridgehead atoms. The molecule has 1 N–H and O–H groups in total. The molecule has 0 spiro atoms. The summed E-state index contributed by atoms with van der Waals surface area (Å²) in [5, 5.41) is 4.40. The Morgan fingerprint density at radius 3 is 2.55 bits per heavy atom. The second-order valence-corrected chi connectivity index (χ2v) is 4.69. The zero-order valence-corrected chi connectivity index (χ0v) is 12.7. The van der Waals surface area contributed by atoms with Crippen molar-refractivity contribution in [3.05, 3.63) is 59.1 Å². The van der Waals surface area contributed by atoms with E-state index in [1.54, 1.807) is 43.5 Å². The molecule has 0 saturated heterocycles. The topological polar surface area (TPSA) is 59.9 Å². The van der Waals surface area contributed by atoms with Gasteiger partial charge in [0.25, 0.3) is 5.91 Å². The lowest BCUT2D eigenvalue weighted by Crippen LogP contribution is -2.24. The molecule has 2 aromatic rings. The average Bonchev–Trinajstić information content (AvgIpc) is 2.55. The predicted octanol–water partition coefficient (Wildman–Crippen LogP) is 2.88. The van der Waals surface area contributed by atoms with Gasteiger partial charge in [-0.2, -0.15) is 5.10 Å². The fraction of sp³-hybridized carbons (Fsp3) is 0.125. The number of nitrogens with one attached hydrogen (secondary N) is 1. The van der Waals surface area contributed by atoms with Gasteiger partial charge in [-0.3, -0.25) is 4.79 Å². The average molecular weight is 319 g/mol. The van der Waals surface area contributed by atoms with Crippen LogP contribution in [0.15, 0.2) is 53.6 Å². The quantitative estimate of drug-likeness (QED) is 0.658. The fourth-order valence-corrected chi connectivity index (χ4v) is 1.79. The summed E-state index contributed by atoms with van der Waals surface area (Å²) in [7, 11) is 1.58. The maximum absolute atomic E-state index is 11.6. The molecule has 0 saturated carbocycles. The van der Waals surface area contributed by atoms with E-state index in [4.69, 9.17) is 21.1 Å². The number of rotatable bonds is 6. The lowest BCUT2D eigenvalue weighted by molar-refractivity contribution is -0.123. The second-order valence-electron chi connectivity index (χ2n) is 4.28. The highest BCUT2D eigenvalue weighted by Crippen LogP contribution is 2.16. The van der Waals surface area contributed by atoms with E-state index >= 15 is 0 Å². The van der Waals surface area contributed by atoms with Gasteiger partial charge in [-0.15, -0.1) is 0 Å². The van der Waals surface area contributed by atoms with Crippen LogP contribution < -0.4 is 14.9 Å². The van der Waals surface area contributed by atoms with Crippen molar-refractivity contribution >= 4 is 23.7 Å². The summed E-state index contributed by atoms with van der Waals surface area (Å²) in [5.41, 5.74) is 3.10. The van der Waals surface area contributed by atoms with Crippen molar-refractivity contribution in [2.75, 3.05) is 13.7 Å². The smallest absolute Gasteiger partial charge is 0.277 e. The van der Waals surface area contributed by atoms with E-state index in [1.807, 2.05) is 12.1 Å². The Morgan fingerprint density at radius 1 is 1.18 bits per heavy atom. The molecule has 0 aromatic heterocycles. The molecule has 0 aliphatic rings. The highest BCUT2D eigenvalue weighted by Gasteiger charge is 2.02. The number of hydrogen-bond donors (Lipinski definition) is 1. The van der Waals surface area contributed by atoms with E-state index in [1.165, 1.54) is 6.21 Å². The van der Waals surface area contributed by atoms with Crippen molar-refractivity contribution in [1.82, 2.24) is 5.43 Å². The lowest BCUT2D eigenvalue weighted by atomic mass is 10.2. The molecule has 0 aliphatic carbocycles. The molecule has 0 aliphatic heterocycles. The largest absolute Gasteiger partial charge is 0.497 e. The molecule has 2 aromatic carbocycles. The second kappa shape index (κ2) is 8.05. The molecule has 0 atom stereocenters. The molecule has 0 heterocycles. The molecule has 5 nitrogen and oxygen atoms in total. The predicted molar refractivity (Wildman–Crippen MR) is 85.7 cm³/mol. The van der Waals surface area contributed by atoms with Crippen LogP contribution in [-0.4, -0.2) is 25.8 Å². The van der Waals surface area contributed by atoms with Crippen molar-refractivity contribution in [3.8, 4) is 11.5 Å². The molecule has 22 heavy (non-hydrogen) atoms. The third-order valence-corrected chi connectivity index (χ3v) is 3.07. The summed E-state index contributed by atoms with van der Waals surface area (Å²) < 4.78 is 10.4. The first kappa shape index (κ1) is 15.9. The van der Waals surface area contributed by atoms with Crippen molar-refractivity contribution < 1.29 is 14.3 Å². The van der Waals surface area contributed by atoms with Gasteiger partial charge in [0.2, 0.25) is 0 Å². The number of carbonyl (C=O) groups is 1. The third kappa shape index (κ3) is 4.79. The molecule has 114 valence electrons. The van der Waals surface area contributed by atoms with Gasteiger partial charge in [0.05, 0.1) is 13.3 Å². The Kier molecular flexibility index (Phi) is 5.80. The van der Waals surface area contributed by atoms with Crippen LogP contribution >= 0.6 is 11.6 Å². The van der Waals surface area contributed by atoms with Gasteiger partial charge >= 0.3 is 0 Å². The number of ether oxygens (including phenoxy) is 2. The van der Waals surface area contributed by atoms with Gasteiger partial charge in [-0.05, 0) is 30.3 Å². The number of methoxy groups -OCH3 is 1. The van der Waals surface area contributed by atoms with Gasteiger partial charge in [0.1, 0.15) is 11.5 Å². The monoisotopic (exact) mass is 318 g/mol. The summed E-state index contributed by atoms with van der Waals surface area (Å²) in [6, 6.07) is 14.1. The number of carbonyl (C=O) groups excluding carboxylic acids is 1. The number of halogens is 1. The van der Waals surface area contributed by atoms with Gasteiger partial charge in [-0.25, -0.2) is 5.43 Å². The van der Waals surface area contributed by atoms with Crippen molar-refractivity contribution in [2.24, 2.45) is 5.10 Å². The standard InChI is InChI=1S/C16H15ClN2O3/c1-21-13-6-8-14(9-7-13)22-11-16(20)19-18-10-12-4-2-3-5-15(12)17/h2-10H,11H2,1H3,(H,19,20)/b18-10-. The summed E-state index contributed by atoms with van der Waals surface area (Å²) in [4.78, 5) is 11.6. The van der Waals surface area contributed by atoms with Gasteiger partial charge in [0, 0.05) is 10.6 Å². The maximum atomic E-state index is 11.6. The highest BCUT2D eigenvalue weighted by molar-refractivity contribution is 6.33. The summed E-state index contributed by atoms with van der Waals surface area (Å²) in [6.45, 7) is -0.133. The van der Waals surface area contributed by atoms with Crippen LogP contribution in [0.5, 0.6) is 11.5 Å². The summed E-state index contributed by atoms with van der Waals surface area (Å²) >= 11 is 5.97. The first-order valence-corrected chi connectivity index (χ1v) is 6.90. The van der Waals surface area contributed by atoms with Crippen LogP contribution in [0, 0.1) is 0 Å². The normalized spacial score (nSPS) is 10.5. The fourth-order valence-electron chi connectivity index (χ4n) is 1.61. The zero-order valence-electron chi connectivity index (χ0n) is 12.0. The van der Waals surface area contributed by atoms with E-state index < -0.39 is 0 Å². The molecule has 0 fully saturated rings. The van der Waals surface area contributed by atoms with Gasteiger partial charge in [0.15, 0.2) is 6.61 Å². The molecular weight excluding hydrogens is 304 g/mol. The number of nitrogens with zero attached hydrogens (tertiary/aromatic N) is 1. The van der Waals surface area contributed by atoms with Crippen molar-refractivity contribution in [3.63, 3.8) is 0 Å². The highest BCUT2D eigenvalue weighted by atomic mass is 35.5. The van der Waals surface area contributed by atoms with Crippen LogP contribution in [0.25, 0.3) is 0 Å². The number of benzene rings is 2. The summed E-state index contributed by atoms with van der Waals surface area (Å²) in [5.74, 6) is 0.936. The van der Waals surface area contributed by atoms with E-state index in [-0.39, 0.29) is 12.5 Å². The van der Waals surface area contributed by atoms with Crippen molar-refractivity contribution in [2.45, 2.75) is 0 Å². The van der Waals surface area contributed by atoms with E-state index in [2.05, 4.69) is 10.5 Å². The van der Waals surface area contributed by atoms with Crippen LogP contribution in [0.1, 0.15) is 5.56 Å². The van der Waals surface area contributed by atoms with Crippen LogP contribution in [-0.2, 0) is 4.79 Å². The maximum Gasteiger partial charge on any atom is 0.277 e. The molecule has 0 radical (unpaired) electrons. The van der Waals surface area contributed by atoms with Gasteiger partial charge in [-0.1, -0.05) is 29.8 Å². The van der Waals surface area contributed by atoms with E-state index in [0.717, 1.165) is 11.3 Å². The Hall–Kier alpha value is -2.53. The van der Waals surface area contributed by atoms with Crippen LogP contribution in [0.2, 0.25) is 5.02 Å². The molecule has 0 unspecified atom stereocenters. The van der Waals surface area contributed by atoms with Gasteiger partial charge < -0.3 is 9.47 Å². The van der Waals surface area contributed by atoms with Crippen LogP contribution in [0.3, 0.4) is 0 Å². The molecule has 1 amide bonds. The minimum absolute atomic E-state index is 0.133. The first-order chi connectivity index (χ1) is 10.7.